The number of allylic oxidation sites excluding steroid dienone is 3. The van der Waals surface area contributed by atoms with Crippen LogP contribution in [0.3, 0.4) is 0 Å². The lowest BCUT2D eigenvalue weighted by Crippen LogP contribution is -2.28. The monoisotopic (exact) mass is 437 g/mol. The number of rotatable bonds is 8. The number of nitroso groups, excluding NO2 is 1. The highest BCUT2D eigenvalue weighted by atomic mass is 35.5. The molecule has 5 nitrogen and oxygen atoms in total. The Balaban J connectivity index is 1.68. The summed E-state index contributed by atoms with van der Waals surface area (Å²) in [6.07, 6.45) is 10.2. The van der Waals surface area contributed by atoms with Gasteiger partial charge < -0.3 is 4.90 Å². The van der Waals surface area contributed by atoms with Gasteiger partial charge in [-0.1, -0.05) is 23.7 Å². The molecule has 1 unspecified atom stereocenters. The second-order valence-electron chi connectivity index (χ2n) is 6.20. The number of alkyl halides is 2. The van der Waals surface area contributed by atoms with E-state index in [4.69, 9.17) is 34.8 Å². The summed E-state index contributed by atoms with van der Waals surface area (Å²) in [5.74, 6) is 1.09. The smallest absolute Gasteiger partial charge is 0.254 e. The van der Waals surface area contributed by atoms with Crippen molar-refractivity contribution < 1.29 is 4.76 Å². The predicted molar refractivity (Wildman–Crippen MR) is 117 cm³/mol. The molecule has 0 bridgehead atoms. The summed E-state index contributed by atoms with van der Waals surface area (Å²) in [6.45, 7) is 1.49. The van der Waals surface area contributed by atoms with E-state index < -0.39 is 6.04 Å². The highest BCUT2D eigenvalue weighted by molar-refractivity contribution is 6.31. The van der Waals surface area contributed by atoms with Gasteiger partial charge in [0.2, 0.25) is 6.20 Å². The van der Waals surface area contributed by atoms with E-state index in [-0.39, 0.29) is 0 Å². The first-order valence-electron chi connectivity index (χ1n) is 8.81. The number of hydrogen-bond acceptors (Lipinski definition) is 4. The molecule has 0 fully saturated rings. The third kappa shape index (κ3) is 5.04. The zero-order valence-corrected chi connectivity index (χ0v) is 17.3. The lowest BCUT2D eigenvalue weighted by molar-refractivity contribution is -0.499. The third-order valence-electron chi connectivity index (χ3n) is 4.40. The van der Waals surface area contributed by atoms with E-state index in [0.717, 1.165) is 40.4 Å². The van der Waals surface area contributed by atoms with Crippen LogP contribution in [0.2, 0.25) is 0 Å². The van der Waals surface area contributed by atoms with E-state index in [1.165, 1.54) is 6.20 Å². The zero-order valence-electron chi connectivity index (χ0n) is 15.1. The molecule has 1 aromatic rings. The number of benzene rings is 1. The van der Waals surface area contributed by atoms with Crippen molar-refractivity contribution in [3.63, 3.8) is 0 Å². The van der Waals surface area contributed by atoms with Crippen LogP contribution in [0.15, 0.2) is 76.2 Å². The summed E-state index contributed by atoms with van der Waals surface area (Å²) in [6, 6.07) is 7.57. The van der Waals surface area contributed by atoms with Crippen molar-refractivity contribution in [1.82, 2.24) is 5.43 Å². The van der Waals surface area contributed by atoms with E-state index in [0.29, 0.717) is 16.8 Å². The Morgan fingerprint density at radius 1 is 1.11 bits per heavy atom. The largest absolute Gasteiger partial charge is 0.369 e. The zero-order chi connectivity index (χ0) is 19.9. The molecule has 0 saturated heterocycles. The standard InChI is InChI=1S/C20H20Cl3N4O/c21-8-11-26(12-9-22)17-4-1-15(2-5-17)14-24-25-19-7-10-27(28)20-13-16(23)3-6-18(19)20/h1-7,10,13-14,20,25H,8-9,11-12H2/q+1/b24-14+. The topological polar surface area (TPSA) is 47.7 Å². The van der Waals surface area contributed by atoms with Crippen molar-refractivity contribution in [3.8, 4) is 0 Å². The molecule has 1 aliphatic carbocycles. The van der Waals surface area contributed by atoms with E-state index in [1.807, 2.05) is 30.3 Å². The van der Waals surface area contributed by atoms with Crippen LogP contribution in [0.25, 0.3) is 0 Å². The highest BCUT2D eigenvalue weighted by Gasteiger charge is 2.32. The molecular formula is C20H20Cl3N4O+. The molecule has 1 atom stereocenters. The molecule has 1 aliphatic heterocycles. The van der Waals surface area contributed by atoms with Crippen molar-refractivity contribution in [2.45, 2.75) is 6.04 Å². The van der Waals surface area contributed by atoms with Gasteiger partial charge in [0.1, 0.15) is 0 Å². The molecule has 0 amide bonds. The second kappa shape index (κ2) is 9.92. The number of hydrogen-bond donors (Lipinski definition) is 1. The summed E-state index contributed by atoms with van der Waals surface area (Å²) in [5.41, 5.74) is 6.61. The molecule has 0 aromatic heterocycles. The van der Waals surface area contributed by atoms with E-state index in [9.17, 15) is 4.91 Å². The number of anilines is 1. The minimum Gasteiger partial charge on any atom is -0.369 e. The quantitative estimate of drug-likeness (QED) is 0.281. The minimum atomic E-state index is -0.436. The van der Waals surface area contributed by atoms with Gasteiger partial charge in [0.25, 0.3) is 6.04 Å². The van der Waals surface area contributed by atoms with Crippen LogP contribution in [0.4, 0.5) is 5.69 Å². The van der Waals surface area contributed by atoms with Crippen molar-refractivity contribution >= 4 is 46.7 Å². The minimum absolute atomic E-state index is 0.436. The molecule has 1 aromatic carbocycles. The molecular weight excluding hydrogens is 419 g/mol. The molecule has 0 saturated carbocycles. The third-order valence-corrected chi connectivity index (χ3v) is 4.99. The van der Waals surface area contributed by atoms with E-state index >= 15 is 0 Å². The van der Waals surface area contributed by atoms with Gasteiger partial charge in [-0.25, -0.2) is 0 Å². The van der Waals surface area contributed by atoms with Gasteiger partial charge >= 0.3 is 0 Å². The average Bonchev–Trinajstić information content (AvgIpc) is 2.70. The Morgan fingerprint density at radius 3 is 2.50 bits per heavy atom. The molecule has 0 radical (unpaired) electrons. The van der Waals surface area contributed by atoms with Crippen LogP contribution in [-0.2, 0) is 0 Å². The molecule has 2 aliphatic rings. The molecule has 0 spiro atoms. The Morgan fingerprint density at radius 2 is 1.82 bits per heavy atom. The van der Waals surface area contributed by atoms with Gasteiger partial charge in [-0.15, -0.1) is 23.2 Å². The number of nitrogens with zero attached hydrogens (tertiary/aromatic N) is 3. The molecule has 28 heavy (non-hydrogen) atoms. The Hall–Kier alpha value is -2.08. The van der Waals surface area contributed by atoms with Crippen LogP contribution in [0, 0.1) is 4.91 Å². The fraction of sp³-hybridized carbons (Fsp3) is 0.250. The second-order valence-corrected chi connectivity index (χ2v) is 7.39. The highest BCUT2D eigenvalue weighted by Crippen LogP contribution is 2.26. The summed E-state index contributed by atoms with van der Waals surface area (Å²) in [4.78, 5) is 14.1. The normalized spacial score (nSPS) is 18.5. The first kappa shape index (κ1) is 20.6. The van der Waals surface area contributed by atoms with Crippen molar-refractivity contribution in [2.75, 3.05) is 29.7 Å². The number of hydrazone groups is 1. The van der Waals surface area contributed by atoms with Crippen molar-refractivity contribution in [2.24, 2.45) is 5.10 Å². The van der Waals surface area contributed by atoms with Gasteiger partial charge in [-0.2, -0.15) is 5.10 Å². The Labute approximate surface area is 179 Å². The van der Waals surface area contributed by atoms with Crippen LogP contribution >= 0.6 is 34.8 Å². The molecule has 1 N–H and O–H groups in total. The Bertz CT molecular complexity index is 866. The number of halogens is 3. The SMILES string of the molecule is O=[N+]1C=CC(N/N=C/c2ccc(N(CCCl)CCCl)cc2)=C2C=CC(Cl)=CC21. The van der Waals surface area contributed by atoms with Crippen molar-refractivity contribution in [3.05, 3.63) is 81.5 Å². The van der Waals surface area contributed by atoms with Gasteiger partial charge in [0.05, 0.1) is 17.5 Å². The molecule has 8 heteroatoms. The summed E-state index contributed by atoms with van der Waals surface area (Å²) < 4.78 is 0.863. The summed E-state index contributed by atoms with van der Waals surface area (Å²) >= 11 is 17.7. The molecule has 146 valence electrons. The first-order chi connectivity index (χ1) is 13.6. The lowest BCUT2D eigenvalue weighted by Gasteiger charge is -2.22. The lowest BCUT2D eigenvalue weighted by atomic mass is 9.97. The fourth-order valence-electron chi connectivity index (χ4n) is 2.98. The summed E-state index contributed by atoms with van der Waals surface area (Å²) in [7, 11) is 0. The Kier molecular flexibility index (Phi) is 7.31. The molecule has 1 heterocycles. The van der Waals surface area contributed by atoms with Gasteiger partial charge in [-0.3, -0.25) is 5.43 Å². The average molecular weight is 439 g/mol. The van der Waals surface area contributed by atoms with Crippen LogP contribution < -0.4 is 10.3 Å². The predicted octanol–water partition coefficient (Wildman–Crippen LogP) is 4.52. The summed E-state index contributed by atoms with van der Waals surface area (Å²) in [5, 5.41) is 4.85. The maximum absolute atomic E-state index is 12.0. The van der Waals surface area contributed by atoms with E-state index in [2.05, 4.69) is 15.4 Å². The molecule has 3 rings (SSSR count). The maximum Gasteiger partial charge on any atom is 0.254 e. The van der Waals surface area contributed by atoms with E-state index in [1.54, 1.807) is 24.4 Å². The van der Waals surface area contributed by atoms with Crippen LogP contribution in [-0.4, -0.2) is 41.9 Å². The first-order valence-corrected chi connectivity index (χ1v) is 10.3. The van der Waals surface area contributed by atoms with Crippen molar-refractivity contribution in [1.29, 1.82) is 0 Å². The van der Waals surface area contributed by atoms with Crippen LogP contribution in [0.5, 0.6) is 0 Å². The van der Waals surface area contributed by atoms with Gasteiger partial charge in [-0.05, 0) is 29.8 Å². The number of fused-ring (bicyclic) bond motifs is 1. The fourth-order valence-corrected chi connectivity index (χ4v) is 3.57. The maximum atomic E-state index is 12.0. The number of nitrogens with one attached hydrogen (secondary N) is 1. The van der Waals surface area contributed by atoms with Gasteiger partial charge in [0.15, 0.2) is 0 Å². The van der Waals surface area contributed by atoms with Gasteiger partial charge in [0, 0.05) is 57.4 Å². The van der Waals surface area contributed by atoms with Crippen LogP contribution in [0.1, 0.15) is 5.56 Å².